The van der Waals surface area contributed by atoms with Crippen LogP contribution in [0.15, 0.2) is 36.4 Å². The molecule has 0 aliphatic rings. The van der Waals surface area contributed by atoms with Gasteiger partial charge in [-0.05, 0) is 63.1 Å². The van der Waals surface area contributed by atoms with Gasteiger partial charge in [-0.15, -0.1) is 0 Å². The molecule has 31 heavy (non-hydrogen) atoms. The molecule has 0 fully saturated rings. The SMILES string of the molecule is CC[C@H](C)NC(=O)[C@@H](C)N(Cc1c(Cl)cccc1Cl)C(=O)COc1ccc(Cl)c(C)c1. The van der Waals surface area contributed by atoms with E-state index in [-0.39, 0.29) is 31.0 Å². The van der Waals surface area contributed by atoms with Crippen LogP contribution in [0.4, 0.5) is 0 Å². The molecule has 0 saturated carbocycles. The minimum Gasteiger partial charge on any atom is -0.484 e. The van der Waals surface area contributed by atoms with Crippen LogP contribution in [0.2, 0.25) is 15.1 Å². The third kappa shape index (κ3) is 7.03. The number of hydrogen-bond donors (Lipinski definition) is 1. The van der Waals surface area contributed by atoms with Gasteiger partial charge >= 0.3 is 0 Å². The van der Waals surface area contributed by atoms with Crippen molar-refractivity contribution >= 4 is 46.6 Å². The summed E-state index contributed by atoms with van der Waals surface area (Å²) in [5.74, 6) is -0.105. The summed E-state index contributed by atoms with van der Waals surface area (Å²) in [5.41, 5.74) is 1.41. The van der Waals surface area contributed by atoms with Crippen molar-refractivity contribution in [2.75, 3.05) is 6.61 Å². The molecule has 2 atom stereocenters. The van der Waals surface area contributed by atoms with Gasteiger partial charge in [0.25, 0.3) is 5.91 Å². The maximum absolute atomic E-state index is 13.1. The predicted molar refractivity (Wildman–Crippen MR) is 126 cm³/mol. The normalized spacial score (nSPS) is 12.7. The smallest absolute Gasteiger partial charge is 0.261 e. The number of ether oxygens (including phenoxy) is 1. The highest BCUT2D eigenvalue weighted by molar-refractivity contribution is 6.36. The zero-order chi connectivity index (χ0) is 23.1. The van der Waals surface area contributed by atoms with Gasteiger partial charge in [-0.25, -0.2) is 0 Å². The fourth-order valence-electron chi connectivity index (χ4n) is 2.84. The number of carbonyl (C=O) groups is 2. The van der Waals surface area contributed by atoms with Gasteiger partial charge < -0.3 is 15.0 Å². The molecule has 1 N–H and O–H groups in total. The van der Waals surface area contributed by atoms with Gasteiger partial charge in [0.1, 0.15) is 11.8 Å². The Labute approximate surface area is 198 Å². The Balaban J connectivity index is 2.23. The van der Waals surface area contributed by atoms with E-state index in [1.54, 1.807) is 43.3 Å². The van der Waals surface area contributed by atoms with E-state index >= 15 is 0 Å². The second-order valence-corrected chi connectivity index (χ2v) is 8.64. The van der Waals surface area contributed by atoms with Crippen molar-refractivity contribution in [3.05, 3.63) is 62.6 Å². The number of hydrogen-bond acceptors (Lipinski definition) is 3. The topological polar surface area (TPSA) is 58.6 Å². The van der Waals surface area contributed by atoms with Gasteiger partial charge in [-0.2, -0.15) is 0 Å². The molecule has 0 unspecified atom stereocenters. The summed E-state index contributed by atoms with van der Waals surface area (Å²) >= 11 is 18.7. The minimum absolute atomic E-state index is 0.0101. The number of amides is 2. The Kier molecular flexibility index (Phi) is 9.48. The van der Waals surface area contributed by atoms with Crippen LogP contribution in [0.5, 0.6) is 5.75 Å². The van der Waals surface area contributed by atoms with E-state index < -0.39 is 6.04 Å². The Morgan fingerprint density at radius 1 is 1.06 bits per heavy atom. The zero-order valence-corrected chi connectivity index (χ0v) is 20.3. The van der Waals surface area contributed by atoms with Crippen molar-refractivity contribution in [2.45, 2.75) is 52.7 Å². The molecule has 0 aliphatic carbocycles. The first-order valence-corrected chi connectivity index (χ1v) is 11.2. The van der Waals surface area contributed by atoms with Crippen LogP contribution < -0.4 is 10.1 Å². The minimum atomic E-state index is -0.746. The summed E-state index contributed by atoms with van der Waals surface area (Å²) in [6.45, 7) is 7.24. The number of aryl methyl sites for hydroxylation is 1. The lowest BCUT2D eigenvalue weighted by molar-refractivity contribution is -0.142. The van der Waals surface area contributed by atoms with E-state index in [0.717, 1.165) is 12.0 Å². The van der Waals surface area contributed by atoms with Crippen molar-refractivity contribution in [3.8, 4) is 5.75 Å². The van der Waals surface area contributed by atoms with Gasteiger partial charge in [-0.1, -0.05) is 47.8 Å². The van der Waals surface area contributed by atoms with Gasteiger partial charge in [0.15, 0.2) is 6.61 Å². The molecule has 0 saturated heterocycles. The molecule has 0 heterocycles. The standard InChI is InChI=1S/C23H27Cl3N2O3/c1-5-15(3)27-23(30)16(4)28(12-18-20(25)7-6-8-21(18)26)22(29)13-31-17-9-10-19(24)14(2)11-17/h6-11,15-16H,5,12-13H2,1-4H3,(H,27,30)/t15-,16+/m0/s1. The molecule has 8 heteroatoms. The Bertz CT molecular complexity index is 916. The third-order valence-electron chi connectivity index (χ3n) is 5.05. The zero-order valence-electron chi connectivity index (χ0n) is 18.0. The van der Waals surface area contributed by atoms with E-state index in [1.165, 1.54) is 4.90 Å². The maximum Gasteiger partial charge on any atom is 0.261 e. The fraction of sp³-hybridized carbons (Fsp3) is 0.391. The fourth-order valence-corrected chi connectivity index (χ4v) is 3.47. The van der Waals surface area contributed by atoms with Crippen LogP contribution in [0.1, 0.15) is 38.3 Å². The molecule has 168 valence electrons. The highest BCUT2D eigenvalue weighted by Crippen LogP contribution is 2.27. The molecular formula is C23H27Cl3N2O3. The average Bonchev–Trinajstić information content (AvgIpc) is 2.73. The first-order valence-electron chi connectivity index (χ1n) is 10.1. The van der Waals surface area contributed by atoms with Gasteiger partial charge in [-0.3, -0.25) is 9.59 Å². The average molecular weight is 486 g/mol. The summed E-state index contributed by atoms with van der Waals surface area (Å²) < 4.78 is 5.67. The van der Waals surface area contributed by atoms with Crippen LogP contribution in [-0.2, 0) is 16.1 Å². The number of nitrogens with zero attached hydrogens (tertiary/aromatic N) is 1. The van der Waals surface area contributed by atoms with Crippen molar-refractivity contribution in [1.82, 2.24) is 10.2 Å². The first kappa shape index (κ1) is 25.3. The molecule has 0 aliphatic heterocycles. The highest BCUT2D eigenvalue weighted by Gasteiger charge is 2.28. The maximum atomic E-state index is 13.1. The van der Waals surface area contributed by atoms with E-state index in [0.29, 0.717) is 26.4 Å². The molecule has 2 aromatic rings. The number of nitrogens with one attached hydrogen (secondary N) is 1. The van der Waals surface area contributed by atoms with Crippen LogP contribution >= 0.6 is 34.8 Å². The van der Waals surface area contributed by atoms with E-state index in [9.17, 15) is 9.59 Å². The molecule has 2 aromatic carbocycles. The molecule has 0 bridgehead atoms. The number of benzene rings is 2. The molecule has 5 nitrogen and oxygen atoms in total. The predicted octanol–water partition coefficient (Wildman–Crippen LogP) is 5.67. The van der Waals surface area contributed by atoms with Gasteiger partial charge in [0, 0.05) is 33.2 Å². The largest absolute Gasteiger partial charge is 0.484 e. The van der Waals surface area contributed by atoms with Crippen molar-refractivity contribution in [2.24, 2.45) is 0 Å². The quantitative estimate of drug-likeness (QED) is 0.498. The van der Waals surface area contributed by atoms with Crippen LogP contribution in [0.25, 0.3) is 0 Å². The summed E-state index contributed by atoms with van der Waals surface area (Å²) in [6.07, 6.45) is 0.780. The summed E-state index contributed by atoms with van der Waals surface area (Å²) in [7, 11) is 0. The van der Waals surface area contributed by atoms with E-state index in [2.05, 4.69) is 5.32 Å². The molecule has 0 radical (unpaired) electrons. The highest BCUT2D eigenvalue weighted by atomic mass is 35.5. The van der Waals surface area contributed by atoms with Crippen LogP contribution in [-0.4, -0.2) is 35.4 Å². The molecule has 2 rings (SSSR count). The number of halogens is 3. The number of rotatable bonds is 9. The van der Waals surface area contributed by atoms with Crippen LogP contribution in [0, 0.1) is 6.92 Å². The molecule has 0 spiro atoms. The van der Waals surface area contributed by atoms with Crippen molar-refractivity contribution < 1.29 is 14.3 Å². The van der Waals surface area contributed by atoms with Crippen molar-refractivity contribution in [1.29, 1.82) is 0 Å². The Morgan fingerprint density at radius 2 is 1.71 bits per heavy atom. The second kappa shape index (κ2) is 11.6. The third-order valence-corrected chi connectivity index (χ3v) is 6.18. The van der Waals surface area contributed by atoms with Gasteiger partial charge in [0.05, 0.1) is 0 Å². The van der Waals surface area contributed by atoms with Crippen molar-refractivity contribution in [3.63, 3.8) is 0 Å². The first-order chi connectivity index (χ1) is 14.6. The lowest BCUT2D eigenvalue weighted by Gasteiger charge is -2.30. The summed E-state index contributed by atoms with van der Waals surface area (Å²) in [5, 5.41) is 4.38. The lowest BCUT2D eigenvalue weighted by atomic mass is 10.1. The monoisotopic (exact) mass is 484 g/mol. The van der Waals surface area contributed by atoms with Gasteiger partial charge in [0.2, 0.25) is 5.91 Å². The Hall–Kier alpha value is -1.95. The van der Waals surface area contributed by atoms with E-state index in [4.69, 9.17) is 39.5 Å². The summed E-state index contributed by atoms with van der Waals surface area (Å²) in [6, 6.07) is 9.52. The van der Waals surface area contributed by atoms with E-state index in [1.807, 2.05) is 20.8 Å². The molecule has 2 amide bonds. The molecular weight excluding hydrogens is 459 g/mol. The lowest BCUT2D eigenvalue weighted by Crippen LogP contribution is -2.50. The second-order valence-electron chi connectivity index (χ2n) is 7.42. The molecule has 0 aromatic heterocycles. The Morgan fingerprint density at radius 3 is 2.29 bits per heavy atom. The van der Waals surface area contributed by atoms with Crippen LogP contribution in [0.3, 0.4) is 0 Å². The number of carbonyl (C=O) groups excluding carboxylic acids is 2. The summed E-state index contributed by atoms with van der Waals surface area (Å²) in [4.78, 5) is 27.3.